The van der Waals surface area contributed by atoms with Gasteiger partial charge in [0.1, 0.15) is 36.6 Å². The topological polar surface area (TPSA) is 193 Å². The average Bonchev–Trinajstić information content (AvgIpc) is 3.58. The molecule has 5 unspecified atom stereocenters. The largest absolute Gasteiger partial charge is 0.394 e. The van der Waals surface area contributed by atoms with Crippen molar-refractivity contribution in [3.05, 3.63) is 10.5 Å². The number of aromatic nitrogens is 4. The highest BCUT2D eigenvalue weighted by Gasteiger charge is 2.45. The Bertz CT molecular complexity index is 1210. The summed E-state index contributed by atoms with van der Waals surface area (Å²) in [4.78, 5) is 13.5. The third-order valence-corrected chi connectivity index (χ3v) is 13.5. The van der Waals surface area contributed by atoms with Gasteiger partial charge in [-0.05, 0) is 79.5 Å². The summed E-state index contributed by atoms with van der Waals surface area (Å²) in [5.74, 6) is 1.03. The Hall–Kier alpha value is -1.45. The summed E-state index contributed by atoms with van der Waals surface area (Å²) in [6.07, 6.45) is 23.7. The number of aliphatic hydroxyl groups is 6. The van der Waals surface area contributed by atoms with Gasteiger partial charge in [0.05, 0.1) is 19.3 Å². The minimum Gasteiger partial charge on any atom is -0.394 e. The number of hydrogen-bond donors (Lipinski definition) is 6. The molecule has 1 aromatic heterocycles. The molecule has 3 aliphatic carbocycles. The summed E-state index contributed by atoms with van der Waals surface area (Å²) in [6.45, 7) is 1.57. The number of ether oxygens (including phenoxy) is 2. The molecule has 13 nitrogen and oxygen atoms in total. The van der Waals surface area contributed by atoms with Crippen molar-refractivity contribution >= 4 is 0 Å². The van der Waals surface area contributed by atoms with Crippen molar-refractivity contribution in [1.82, 2.24) is 19.8 Å². The van der Waals surface area contributed by atoms with Crippen LogP contribution in [0.3, 0.4) is 0 Å². The van der Waals surface area contributed by atoms with Crippen LogP contribution in [0, 0.1) is 11.3 Å². The highest BCUT2D eigenvalue weighted by atomic mass is 16.7. The first kappa shape index (κ1) is 47.2. The van der Waals surface area contributed by atoms with Crippen molar-refractivity contribution < 1.29 is 40.1 Å². The molecule has 326 valence electrons. The number of rotatable bonds is 31. The zero-order valence-electron chi connectivity index (χ0n) is 34.8. The van der Waals surface area contributed by atoms with Gasteiger partial charge in [-0.1, -0.05) is 129 Å². The molecule has 13 heteroatoms. The third-order valence-electron chi connectivity index (χ3n) is 13.5. The van der Waals surface area contributed by atoms with E-state index in [1.165, 1.54) is 133 Å². The van der Waals surface area contributed by atoms with Crippen LogP contribution >= 0.6 is 0 Å². The van der Waals surface area contributed by atoms with Crippen LogP contribution in [-0.2, 0) is 16.0 Å². The van der Waals surface area contributed by atoms with Gasteiger partial charge >= 0.3 is 5.69 Å². The summed E-state index contributed by atoms with van der Waals surface area (Å²) in [6, 6.07) is -1.18. The Morgan fingerprint density at radius 1 is 0.732 bits per heavy atom. The minimum atomic E-state index is -1.65. The number of aliphatic hydroxyl groups excluding tert-OH is 6. The van der Waals surface area contributed by atoms with Crippen LogP contribution in [0.2, 0.25) is 0 Å². The van der Waals surface area contributed by atoms with E-state index in [2.05, 4.69) is 17.4 Å². The Morgan fingerprint density at radius 3 is 1.84 bits per heavy atom. The normalized spacial score (nSPS) is 28.1. The number of nitrogens with zero attached hydrogens (tertiary/aromatic N) is 4. The maximum absolute atomic E-state index is 13.5. The van der Waals surface area contributed by atoms with Gasteiger partial charge in [-0.2, -0.15) is 9.36 Å². The van der Waals surface area contributed by atoms with Crippen LogP contribution in [-0.4, -0.2) is 107 Å². The smallest absolute Gasteiger partial charge is 0.364 e. The maximum Gasteiger partial charge on any atom is 0.364 e. The average molecular weight is 797 g/mol. The van der Waals surface area contributed by atoms with Gasteiger partial charge in [-0.25, -0.2) is 4.79 Å². The fourth-order valence-corrected chi connectivity index (χ4v) is 9.50. The first-order chi connectivity index (χ1) is 27.2. The van der Waals surface area contributed by atoms with E-state index < -0.39 is 67.9 Å². The highest BCUT2D eigenvalue weighted by molar-refractivity contribution is 4.92. The number of unbranched alkanes of at least 4 members (excludes halogenated alkanes) is 18. The monoisotopic (exact) mass is 797 g/mol. The van der Waals surface area contributed by atoms with Crippen molar-refractivity contribution in [3.63, 3.8) is 0 Å². The second-order valence-electron chi connectivity index (χ2n) is 17.8. The first-order valence-electron chi connectivity index (χ1n) is 23.0. The Balaban J connectivity index is 1.20. The fraction of sp³-hybridized carbons (Fsp3) is 0.977. The number of hydrogen-bond acceptors (Lipinski definition) is 11. The number of fused-ring (bicyclic) bond motifs is 3. The summed E-state index contributed by atoms with van der Waals surface area (Å²) in [5, 5.41) is 71.1. The van der Waals surface area contributed by atoms with Crippen LogP contribution in [0.4, 0.5) is 0 Å². The van der Waals surface area contributed by atoms with E-state index >= 15 is 0 Å². The lowest BCUT2D eigenvalue weighted by Gasteiger charge is -2.47. The predicted octanol–water partition coefficient (Wildman–Crippen LogP) is 6.09. The molecular weight excluding hydrogens is 716 g/mol. The van der Waals surface area contributed by atoms with Crippen LogP contribution in [0.5, 0.6) is 0 Å². The number of tetrazole rings is 1. The summed E-state index contributed by atoms with van der Waals surface area (Å²) < 4.78 is 13.5. The van der Waals surface area contributed by atoms with Crippen LogP contribution in [0.15, 0.2) is 4.79 Å². The quantitative estimate of drug-likeness (QED) is 0.0477. The van der Waals surface area contributed by atoms with Crippen molar-refractivity contribution in [2.45, 2.75) is 242 Å². The molecule has 6 N–H and O–H groups in total. The van der Waals surface area contributed by atoms with Crippen LogP contribution in [0.1, 0.15) is 193 Å². The standard InChI is InChI=1S/C43H80N4O9/c1-2-3-4-5-6-7-8-9-10-13-16-19-22-35(49)37(50)34(32-55-41-40(53)39(52)38(51)36(31-48)56-41)47-42(54)46(44-45-47)30-21-18-15-12-11-14-17-20-26-43-27-23-33(24-28-43)25-29-43/h33-41,48-53H,2-32H2,1H3/t33?,34-,35+,36?,37-,38?,39?,40?,41?,43?/m0/s1. The zero-order valence-corrected chi connectivity index (χ0v) is 34.8. The minimum absolute atomic E-state index is 0.319. The van der Waals surface area contributed by atoms with Crippen molar-refractivity contribution in [2.24, 2.45) is 11.3 Å². The molecule has 4 fully saturated rings. The van der Waals surface area contributed by atoms with E-state index in [1.54, 1.807) is 0 Å². The molecule has 8 atom stereocenters. The van der Waals surface area contributed by atoms with E-state index in [0.29, 0.717) is 24.8 Å². The van der Waals surface area contributed by atoms with Crippen molar-refractivity contribution in [3.8, 4) is 0 Å². The summed E-state index contributed by atoms with van der Waals surface area (Å²) in [5.41, 5.74) is 0.130. The van der Waals surface area contributed by atoms with E-state index in [0.717, 1.165) is 49.1 Å². The molecule has 1 saturated heterocycles. The summed E-state index contributed by atoms with van der Waals surface area (Å²) in [7, 11) is 0. The van der Waals surface area contributed by atoms with Crippen molar-refractivity contribution in [1.29, 1.82) is 0 Å². The van der Waals surface area contributed by atoms with Gasteiger partial charge in [0.15, 0.2) is 6.29 Å². The molecular formula is C43H80N4O9. The third kappa shape index (κ3) is 15.0. The second-order valence-corrected chi connectivity index (χ2v) is 17.8. The molecule has 1 aliphatic heterocycles. The molecule has 0 amide bonds. The van der Waals surface area contributed by atoms with Crippen molar-refractivity contribution in [2.75, 3.05) is 13.2 Å². The fourth-order valence-electron chi connectivity index (χ4n) is 9.50. The zero-order chi connectivity index (χ0) is 40.2. The van der Waals surface area contributed by atoms with E-state index in [1.807, 2.05) is 0 Å². The molecule has 1 aromatic rings. The van der Waals surface area contributed by atoms with E-state index in [9.17, 15) is 35.4 Å². The van der Waals surface area contributed by atoms with Gasteiger partial charge in [0.2, 0.25) is 0 Å². The Labute approximate surface area is 336 Å². The predicted molar refractivity (Wildman–Crippen MR) is 216 cm³/mol. The highest BCUT2D eigenvalue weighted by Crippen LogP contribution is 2.52. The van der Waals surface area contributed by atoms with Gasteiger partial charge in [-0.15, -0.1) is 0 Å². The first-order valence-corrected chi connectivity index (χ1v) is 23.0. The van der Waals surface area contributed by atoms with Crippen LogP contribution in [0.25, 0.3) is 0 Å². The molecule has 0 spiro atoms. The van der Waals surface area contributed by atoms with E-state index in [4.69, 9.17) is 9.47 Å². The molecule has 3 saturated carbocycles. The summed E-state index contributed by atoms with van der Waals surface area (Å²) >= 11 is 0. The van der Waals surface area contributed by atoms with E-state index in [-0.39, 0.29) is 0 Å². The molecule has 56 heavy (non-hydrogen) atoms. The molecule has 0 radical (unpaired) electrons. The molecule has 4 aliphatic rings. The Morgan fingerprint density at radius 2 is 1.27 bits per heavy atom. The lowest BCUT2D eigenvalue weighted by Crippen LogP contribution is -2.59. The molecule has 2 bridgehead atoms. The van der Waals surface area contributed by atoms with Gasteiger partial charge in [-0.3, -0.25) is 0 Å². The van der Waals surface area contributed by atoms with Gasteiger partial charge in [0, 0.05) is 6.54 Å². The number of aryl methyl sites for hydroxylation is 1. The van der Waals surface area contributed by atoms with Gasteiger partial charge in [0.25, 0.3) is 0 Å². The van der Waals surface area contributed by atoms with Crippen LogP contribution < -0.4 is 5.69 Å². The second kappa shape index (κ2) is 25.9. The Kier molecular flexibility index (Phi) is 21.9. The molecule has 5 rings (SSSR count). The molecule has 2 heterocycles. The lowest BCUT2D eigenvalue weighted by molar-refractivity contribution is -0.304. The molecule has 0 aromatic carbocycles. The maximum atomic E-state index is 13.5. The SMILES string of the molecule is CCCCCCCCCCCCCC[C@@H](O)[C@@H](O)[C@H](COC1OC(CO)C(O)C(O)C1O)n1nnn(CCCCCCCCCCC23CCC(CC2)CC3)c1=O. The lowest BCUT2D eigenvalue weighted by atomic mass is 9.59. The van der Waals surface area contributed by atoms with Gasteiger partial charge < -0.3 is 40.1 Å².